The summed E-state index contributed by atoms with van der Waals surface area (Å²) in [6, 6.07) is 2.01. The fraction of sp³-hybridized carbons (Fsp3) is 0. The second-order valence-corrected chi connectivity index (χ2v) is 4.15. The molecule has 0 aliphatic carbocycles. The summed E-state index contributed by atoms with van der Waals surface area (Å²) in [5.41, 5.74) is -1.40. The first-order valence-corrected chi connectivity index (χ1v) is 5.21. The molecule has 0 aliphatic rings. The molecule has 1 aromatic rings. The van der Waals surface area contributed by atoms with Crippen molar-refractivity contribution in [2.75, 3.05) is 0 Å². The first-order chi connectivity index (χ1) is 7.23. The summed E-state index contributed by atoms with van der Waals surface area (Å²) < 4.78 is 30.3. The van der Waals surface area contributed by atoms with Crippen molar-refractivity contribution in [1.29, 1.82) is 0 Å². The Balaban J connectivity index is 3.58. The lowest BCUT2D eigenvalue weighted by Crippen LogP contribution is -2.26. The summed E-state index contributed by atoms with van der Waals surface area (Å²) in [6.45, 7) is 0. The summed E-state index contributed by atoms with van der Waals surface area (Å²) in [7, 11) is -4.85. The van der Waals surface area contributed by atoms with E-state index in [4.69, 9.17) is 4.55 Å². The van der Waals surface area contributed by atoms with Gasteiger partial charge in [-0.3, -0.25) is 4.55 Å². The molecule has 0 unspecified atom stereocenters. The maximum Gasteiger partial charge on any atom is 0.295 e. The highest BCUT2D eigenvalue weighted by Gasteiger charge is 2.17. The van der Waals surface area contributed by atoms with Gasteiger partial charge in [0, 0.05) is 5.56 Å². The number of carbonyl (C=O) groups excluding carboxylic acids is 2. The molecule has 1 aromatic carbocycles. The molecule has 7 nitrogen and oxygen atoms in total. The van der Waals surface area contributed by atoms with Crippen molar-refractivity contribution in [2.24, 2.45) is 0 Å². The highest BCUT2D eigenvalue weighted by atomic mass is 32.2. The molecule has 0 saturated heterocycles. The van der Waals surface area contributed by atoms with Gasteiger partial charge in [0.15, 0.2) is 0 Å². The summed E-state index contributed by atoms with van der Waals surface area (Å²) in [5.74, 6) is -3.55. The fourth-order valence-electron chi connectivity index (χ4n) is 1.03. The topological polar surface area (TPSA) is 135 Å². The van der Waals surface area contributed by atoms with Crippen molar-refractivity contribution in [1.82, 2.24) is 0 Å². The first kappa shape index (κ1) is 12.1. The highest BCUT2D eigenvalue weighted by molar-refractivity contribution is 7.86. The van der Waals surface area contributed by atoms with Crippen LogP contribution in [0, 0.1) is 0 Å². The van der Waals surface area contributed by atoms with Gasteiger partial charge in [0.25, 0.3) is 10.1 Å². The van der Waals surface area contributed by atoms with Crippen LogP contribution in [0.4, 0.5) is 0 Å². The van der Waals surface area contributed by atoms with E-state index in [9.17, 15) is 28.2 Å². The highest BCUT2D eigenvalue weighted by Crippen LogP contribution is 2.16. The van der Waals surface area contributed by atoms with Gasteiger partial charge in [-0.25, -0.2) is 0 Å². The molecule has 0 fully saturated rings. The maximum absolute atomic E-state index is 10.8. The number of carboxylic acids is 2. The SMILES string of the molecule is O=C([O-])c1ccc(C(=O)[O-])c(S(=O)(=O)O)c1. The second-order valence-electron chi connectivity index (χ2n) is 2.76. The smallest absolute Gasteiger partial charge is 0.295 e. The van der Waals surface area contributed by atoms with Crippen LogP contribution in [0.1, 0.15) is 20.7 Å². The molecule has 1 N–H and O–H groups in total. The summed E-state index contributed by atoms with van der Waals surface area (Å²) in [4.78, 5) is 19.9. The molecule has 0 aliphatic heterocycles. The van der Waals surface area contributed by atoms with E-state index in [1.54, 1.807) is 0 Å². The van der Waals surface area contributed by atoms with Crippen LogP contribution in [-0.4, -0.2) is 24.9 Å². The number of hydrogen-bond donors (Lipinski definition) is 1. The Hall–Kier alpha value is -1.93. The summed E-state index contributed by atoms with van der Waals surface area (Å²) in [5, 5.41) is 20.9. The van der Waals surface area contributed by atoms with Crippen LogP contribution >= 0.6 is 0 Å². The number of carbonyl (C=O) groups is 2. The largest absolute Gasteiger partial charge is 0.545 e. The molecule has 16 heavy (non-hydrogen) atoms. The number of hydrogen-bond acceptors (Lipinski definition) is 6. The lowest BCUT2D eigenvalue weighted by atomic mass is 10.1. The van der Waals surface area contributed by atoms with Crippen LogP contribution in [0.25, 0.3) is 0 Å². The van der Waals surface area contributed by atoms with E-state index in [1.165, 1.54) is 0 Å². The minimum atomic E-state index is -4.85. The zero-order valence-corrected chi connectivity index (χ0v) is 8.35. The van der Waals surface area contributed by atoms with Crippen molar-refractivity contribution in [3.63, 3.8) is 0 Å². The third kappa shape index (κ3) is 2.35. The molecule has 1 rings (SSSR count). The number of aromatic carboxylic acids is 2. The number of carboxylic acid groups (broad SMARTS) is 2. The van der Waals surface area contributed by atoms with E-state index < -0.39 is 38.1 Å². The van der Waals surface area contributed by atoms with Gasteiger partial charge in [0.05, 0.1) is 11.9 Å². The van der Waals surface area contributed by atoms with E-state index in [1.807, 2.05) is 0 Å². The number of rotatable bonds is 3. The molecular formula is C8H4O7S-2. The summed E-state index contributed by atoms with van der Waals surface area (Å²) in [6.07, 6.45) is 0. The fourth-order valence-corrected chi connectivity index (χ4v) is 1.74. The number of benzene rings is 1. The minimum absolute atomic E-state index is 0.482. The minimum Gasteiger partial charge on any atom is -0.545 e. The molecule has 0 saturated carbocycles. The van der Waals surface area contributed by atoms with Crippen LogP contribution in [0.5, 0.6) is 0 Å². The van der Waals surface area contributed by atoms with E-state index in [2.05, 4.69) is 0 Å². The molecule has 0 amide bonds. The normalized spacial score (nSPS) is 11.1. The van der Waals surface area contributed by atoms with Crippen molar-refractivity contribution >= 4 is 22.1 Å². The van der Waals surface area contributed by atoms with Crippen LogP contribution in [0.2, 0.25) is 0 Å². The second kappa shape index (κ2) is 3.91. The van der Waals surface area contributed by atoms with Gasteiger partial charge in [-0.2, -0.15) is 8.42 Å². The summed E-state index contributed by atoms with van der Waals surface area (Å²) >= 11 is 0. The molecule has 0 aromatic heterocycles. The van der Waals surface area contributed by atoms with Gasteiger partial charge in [0.1, 0.15) is 4.90 Å². The third-order valence-corrected chi connectivity index (χ3v) is 2.61. The van der Waals surface area contributed by atoms with Crippen molar-refractivity contribution in [2.45, 2.75) is 4.90 Å². The zero-order chi connectivity index (χ0) is 12.5. The average Bonchev–Trinajstić information content (AvgIpc) is 2.15. The monoisotopic (exact) mass is 244 g/mol. The van der Waals surface area contributed by atoms with Crippen molar-refractivity contribution in [3.05, 3.63) is 29.3 Å². The van der Waals surface area contributed by atoms with E-state index in [-0.39, 0.29) is 0 Å². The maximum atomic E-state index is 10.8. The first-order valence-electron chi connectivity index (χ1n) is 3.77. The van der Waals surface area contributed by atoms with E-state index in [0.29, 0.717) is 12.1 Å². The van der Waals surface area contributed by atoms with Gasteiger partial charge in [-0.05, 0) is 11.6 Å². The predicted octanol–water partition coefficient (Wildman–Crippen LogP) is -2.34. The molecular weight excluding hydrogens is 240 g/mol. The van der Waals surface area contributed by atoms with E-state index in [0.717, 1.165) is 6.07 Å². The average molecular weight is 244 g/mol. The molecule has 0 heterocycles. The third-order valence-electron chi connectivity index (χ3n) is 1.72. The van der Waals surface area contributed by atoms with E-state index >= 15 is 0 Å². The van der Waals surface area contributed by atoms with Crippen molar-refractivity contribution < 1.29 is 32.8 Å². The van der Waals surface area contributed by atoms with Gasteiger partial charge < -0.3 is 19.8 Å². The molecule has 0 atom stereocenters. The molecule has 86 valence electrons. The predicted molar refractivity (Wildman–Crippen MR) is 44.9 cm³/mol. The Morgan fingerprint density at radius 3 is 2.06 bits per heavy atom. The zero-order valence-electron chi connectivity index (χ0n) is 7.54. The Labute approximate surface area is 89.7 Å². The molecule has 0 radical (unpaired) electrons. The molecule has 0 spiro atoms. The lowest BCUT2D eigenvalue weighted by molar-refractivity contribution is -0.256. The standard InChI is InChI=1S/C8H6O7S/c9-7(10)4-1-2-5(8(11)12)6(3-4)16(13,14)15/h1-3H,(H,9,10)(H,11,12)(H,13,14,15)/p-2. The molecule has 0 bridgehead atoms. The van der Waals surface area contributed by atoms with Crippen LogP contribution in [0.15, 0.2) is 23.1 Å². The Morgan fingerprint density at radius 1 is 1.12 bits per heavy atom. The Bertz CT molecular complexity index is 558. The molecule has 8 heteroatoms. The van der Waals surface area contributed by atoms with Gasteiger partial charge in [-0.1, -0.05) is 12.1 Å². The van der Waals surface area contributed by atoms with Crippen LogP contribution in [-0.2, 0) is 10.1 Å². The Kier molecular flexibility index (Phi) is 2.97. The van der Waals surface area contributed by atoms with Crippen LogP contribution in [0.3, 0.4) is 0 Å². The van der Waals surface area contributed by atoms with Crippen molar-refractivity contribution in [3.8, 4) is 0 Å². The van der Waals surface area contributed by atoms with Gasteiger partial charge in [-0.15, -0.1) is 0 Å². The lowest BCUT2D eigenvalue weighted by Gasteiger charge is -2.10. The van der Waals surface area contributed by atoms with Gasteiger partial charge in [0.2, 0.25) is 0 Å². The van der Waals surface area contributed by atoms with Crippen LogP contribution < -0.4 is 10.2 Å². The van der Waals surface area contributed by atoms with Gasteiger partial charge >= 0.3 is 0 Å². The quantitative estimate of drug-likeness (QED) is 0.588. The Morgan fingerprint density at radius 2 is 1.69 bits per heavy atom.